The summed E-state index contributed by atoms with van der Waals surface area (Å²) in [4.78, 5) is 4.72. The van der Waals surface area contributed by atoms with Crippen LogP contribution in [0, 0.1) is 13.8 Å². The summed E-state index contributed by atoms with van der Waals surface area (Å²) in [6, 6.07) is 12.2. The smallest absolute Gasteiger partial charge is 0.126 e. The van der Waals surface area contributed by atoms with E-state index in [1.165, 1.54) is 15.8 Å². The lowest BCUT2D eigenvalue weighted by molar-refractivity contribution is 1.38. The van der Waals surface area contributed by atoms with Crippen LogP contribution >= 0.6 is 22.9 Å². The molecule has 3 heteroatoms. The van der Waals surface area contributed by atoms with Gasteiger partial charge in [-0.2, -0.15) is 0 Å². The van der Waals surface area contributed by atoms with Gasteiger partial charge in [0.1, 0.15) is 5.01 Å². The minimum Gasteiger partial charge on any atom is -0.236 e. The SMILES string of the molecule is Cc1cc(C)c2nc(-c3ccccc3Cl)sc2c1. The summed E-state index contributed by atoms with van der Waals surface area (Å²) in [6.45, 7) is 4.22. The van der Waals surface area contributed by atoms with Gasteiger partial charge < -0.3 is 0 Å². The van der Waals surface area contributed by atoms with Crippen LogP contribution in [0.25, 0.3) is 20.8 Å². The zero-order chi connectivity index (χ0) is 12.7. The molecule has 0 unspecified atom stereocenters. The number of aryl methyl sites for hydroxylation is 2. The molecule has 0 atom stereocenters. The van der Waals surface area contributed by atoms with Gasteiger partial charge in [-0.3, -0.25) is 0 Å². The average Bonchev–Trinajstić information content (AvgIpc) is 2.73. The Kier molecular flexibility index (Phi) is 2.84. The van der Waals surface area contributed by atoms with Crippen molar-refractivity contribution in [2.75, 3.05) is 0 Å². The van der Waals surface area contributed by atoms with E-state index in [1.807, 2.05) is 24.3 Å². The molecule has 0 fully saturated rings. The van der Waals surface area contributed by atoms with E-state index in [0.29, 0.717) is 0 Å². The molecule has 0 amide bonds. The Morgan fingerprint density at radius 3 is 2.67 bits per heavy atom. The maximum Gasteiger partial charge on any atom is 0.126 e. The second-order valence-corrected chi connectivity index (χ2v) is 5.87. The van der Waals surface area contributed by atoms with Crippen molar-refractivity contribution in [1.82, 2.24) is 4.98 Å². The highest BCUT2D eigenvalue weighted by Gasteiger charge is 2.10. The quantitative estimate of drug-likeness (QED) is 0.591. The summed E-state index contributed by atoms with van der Waals surface area (Å²) in [7, 11) is 0. The summed E-state index contributed by atoms with van der Waals surface area (Å²) < 4.78 is 1.22. The Labute approximate surface area is 115 Å². The van der Waals surface area contributed by atoms with Gasteiger partial charge >= 0.3 is 0 Å². The second kappa shape index (κ2) is 4.38. The van der Waals surface area contributed by atoms with Crippen molar-refractivity contribution in [2.24, 2.45) is 0 Å². The van der Waals surface area contributed by atoms with E-state index in [4.69, 9.17) is 16.6 Å². The molecule has 0 aliphatic rings. The van der Waals surface area contributed by atoms with E-state index < -0.39 is 0 Å². The van der Waals surface area contributed by atoms with Gasteiger partial charge in [0, 0.05) is 5.56 Å². The molecule has 1 nitrogen and oxygen atoms in total. The third kappa shape index (κ3) is 1.92. The average molecular weight is 274 g/mol. The number of benzene rings is 2. The number of fused-ring (bicyclic) bond motifs is 1. The van der Waals surface area contributed by atoms with Crippen LogP contribution in [0.15, 0.2) is 36.4 Å². The molecule has 0 spiro atoms. The van der Waals surface area contributed by atoms with Crippen LogP contribution in [0.5, 0.6) is 0 Å². The van der Waals surface area contributed by atoms with Gasteiger partial charge in [0.2, 0.25) is 0 Å². The van der Waals surface area contributed by atoms with Crippen LogP contribution in [0.4, 0.5) is 0 Å². The summed E-state index contributed by atoms with van der Waals surface area (Å²) in [5.74, 6) is 0. The number of thiazole rings is 1. The van der Waals surface area contributed by atoms with Crippen molar-refractivity contribution in [3.05, 3.63) is 52.5 Å². The van der Waals surface area contributed by atoms with Crippen molar-refractivity contribution in [3.8, 4) is 10.6 Å². The van der Waals surface area contributed by atoms with Gasteiger partial charge in [0.05, 0.1) is 15.2 Å². The number of hydrogen-bond acceptors (Lipinski definition) is 2. The second-order valence-electron chi connectivity index (χ2n) is 4.43. The normalized spacial score (nSPS) is 11.1. The van der Waals surface area contributed by atoms with Gasteiger partial charge in [-0.1, -0.05) is 35.9 Å². The minimum atomic E-state index is 0.755. The van der Waals surface area contributed by atoms with Crippen molar-refractivity contribution in [3.63, 3.8) is 0 Å². The van der Waals surface area contributed by atoms with Crippen LogP contribution in [-0.4, -0.2) is 4.98 Å². The summed E-state index contributed by atoms with van der Waals surface area (Å²) >= 11 is 7.92. The number of nitrogens with zero attached hydrogens (tertiary/aromatic N) is 1. The van der Waals surface area contributed by atoms with E-state index in [9.17, 15) is 0 Å². The predicted molar refractivity (Wildman–Crippen MR) is 79.5 cm³/mol. The van der Waals surface area contributed by atoms with Crippen LogP contribution in [0.1, 0.15) is 11.1 Å². The van der Waals surface area contributed by atoms with E-state index in [2.05, 4.69) is 26.0 Å². The van der Waals surface area contributed by atoms with Gasteiger partial charge in [0.15, 0.2) is 0 Å². The number of halogens is 1. The molecular weight excluding hydrogens is 262 g/mol. The molecular formula is C15H12ClNS. The van der Waals surface area contributed by atoms with Gasteiger partial charge in [-0.25, -0.2) is 4.98 Å². The number of rotatable bonds is 1. The Hall–Kier alpha value is -1.38. The molecule has 0 aliphatic heterocycles. The maximum absolute atomic E-state index is 6.22. The summed E-state index contributed by atoms with van der Waals surface area (Å²) in [6.07, 6.45) is 0. The first-order chi connectivity index (χ1) is 8.65. The van der Waals surface area contributed by atoms with Crippen LogP contribution in [0.3, 0.4) is 0 Å². The van der Waals surface area contributed by atoms with E-state index in [0.717, 1.165) is 21.1 Å². The predicted octanol–water partition coefficient (Wildman–Crippen LogP) is 5.23. The fourth-order valence-electron chi connectivity index (χ4n) is 2.12. The fraction of sp³-hybridized carbons (Fsp3) is 0.133. The van der Waals surface area contributed by atoms with E-state index in [1.54, 1.807) is 11.3 Å². The van der Waals surface area contributed by atoms with Crippen LogP contribution in [0.2, 0.25) is 5.02 Å². The number of hydrogen-bond donors (Lipinski definition) is 0. The zero-order valence-electron chi connectivity index (χ0n) is 10.2. The van der Waals surface area contributed by atoms with Gasteiger partial charge in [0.25, 0.3) is 0 Å². The summed E-state index contributed by atoms with van der Waals surface area (Å²) in [5.41, 5.74) is 4.59. The molecule has 0 N–H and O–H groups in total. The van der Waals surface area contributed by atoms with Crippen molar-refractivity contribution >= 4 is 33.2 Å². The maximum atomic E-state index is 6.22. The molecule has 1 heterocycles. The lowest BCUT2D eigenvalue weighted by Gasteiger charge is -1.97. The van der Waals surface area contributed by atoms with E-state index >= 15 is 0 Å². The molecule has 0 aliphatic carbocycles. The molecule has 90 valence electrons. The largest absolute Gasteiger partial charge is 0.236 e. The molecule has 18 heavy (non-hydrogen) atoms. The Bertz CT molecular complexity index is 730. The monoisotopic (exact) mass is 273 g/mol. The fourth-order valence-corrected chi connectivity index (χ4v) is 3.58. The lowest BCUT2D eigenvalue weighted by atomic mass is 10.1. The topological polar surface area (TPSA) is 12.9 Å². The van der Waals surface area contributed by atoms with Gasteiger partial charge in [-0.15, -0.1) is 11.3 Å². The number of aromatic nitrogens is 1. The van der Waals surface area contributed by atoms with Crippen LogP contribution < -0.4 is 0 Å². The van der Waals surface area contributed by atoms with Crippen LogP contribution in [-0.2, 0) is 0 Å². The van der Waals surface area contributed by atoms with Crippen molar-refractivity contribution in [1.29, 1.82) is 0 Å². The first-order valence-electron chi connectivity index (χ1n) is 5.78. The zero-order valence-corrected chi connectivity index (χ0v) is 11.8. The first kappa shape index (κ1) is 11.7. The molecule has 2 aromatic carbocycles. The molecule has 0 saturated carbocycles. The highest BCUT2D eigenvalue weighted by molar-refractivity contribution is 7.21. The third-order valence-electron chi connectivity index (χ3n) is 2.93. The lowest BCUT2D eigenvalue weighted by Crippen LogP contribution is -1.80. The minimum absolute atomic E-state index is 0.755. The Morgan fingerprint density at radius 2 is 1.89 bits per heavy atom. The highest BCUT2D eigenvalue weighted by atomic mass is 35.5. The van der Waals surface area contributed by atoms with Crippen molar-refractivity contribution in [2.45, 2.75) is 13.8 Å². The highest BCUT2D eigenvalue weighted by Crippen LogP contribution is 2.35. The molecule has 3 rings (SSSR count). The molecule has 0 saturated heterocycles. The molecule has 1 aromatic heterocycles. The van der Waals surface area contributed by atoms with Gasteiger partial charge in [-0.05, 0) is 37.1 Å². The third-order valence-corrected chi connectivity index (χ3v) is 4.30. The molecule has 0 bridgehead atoms. The Balaban J connectivity index is 2.26. The Morgan fingerprint density at radius 1 is 1.11 bits per heavy atom. The first-order valence-corrected chi connectivity index (χ1v) is 6.97. The van der Waals surface area contributed by atoms with Crippen molar-refractivity contribution < 1.29 is 0 Å². The molecule has 0 radical (unpaired) electrons. The standard InChI is InChI=1S/C15H12ClNS/c1-9-7-10(2)14-13(8-9)18-15(17-14)11-5-3-4-6-12(11)16/h3-8H,1-2H3. The van der Waals surface area contributed by atoms with E-state index in [-0.39, 0.29) is 0 Å². The summed E-state index contributed by atoms with van der Waals surface area (Å²) in [5, 5.41) is 1.75. The molecule has 3 aromatic rings.